The van der Waals surface area contributed by atoms with Crippen molar-refractivity contribution < 1.29 is 0 Å². The van der Waals surface area contributed by atoms with Gasteiger partial charge in [-0.05, 0) is 0 Å². The fraction of sp³-hybridized carbons (Fsp3) is 1.00. The molecule has 0 heterocycles. The standard InChI is InChI=1S/C8H22Si2.B/c1-9(2,3)7-8-10(4,5)6;/h7-8H2,1-6H3;. The Morgan fingerprint density at radius 2 is 0.818 bits per heavy atom. The Labute approximate surface area is 76.4 Å². The first-order valence-electron chi connectivity index (χ1n) is 4.21. The summed E-state index contributed by atoms with van der Waals surface area (Å²) in [6, 6.07) is 3.06. The minimum atomic E-state index is -0.732. The zero-order valence-corrected chi connectivity index (χ0v) is 11.0. The van der Waals surface area contributed by atoms with Crippen molar-refractivity contribution in [1.82, 2.24) is 0 Å². The molecule has 3 radical (unpaired) electrons. The summed E-state index contributed by atoms with van der Waals surface area (Å²) in [6.45, 7) is 14.8. The Morgan fingerprint density at radius 3 is 0.909 bits per heavy atom. The molecule has 0 saturated carbocycles. The average molecular weight is 185 g/mol. The maximum atomic E-state index is 2.47. The molecule has 0 aliphatic heterocycles. The highest BCUT2D eigenvalue weighted by Crippen LogP contribution is 2.19. The van der Waals surface area contributed by atoms with E-state index < -0.39 is 16.1 Å². The van der Waals surface area contributed by atoms with Crippen LogP contribution in [0.2, 0.25) is 51.4 Å². The first-order chi connectivity index (χ1) is 4.21. The van der Waals surface area contributed by atoms with Gasteiger partial charge in [-0.1, -0.05) is 51.4 Å². The zero-order valence-electron chi connectivity index (χ0n) is 8.99. The minimum absolute atomic E-state index is 0. The quantitative estimate of drug-likeness (QED) is 0.592. The molecule has 0 rings (SSSR count). The molecule has 0 aliphatic carbocycles. The van der Waals surface area contributed by atoms with Gasteiger partial charge in [0, 0.05) is 24.6 Å². The van der Waals surface area contributed by atoms with Gasteiger partial charge in [-0.25, -0.2) is 0 Å². The van der Waals surface area contributed by atoms with E-state index in [4.69, 9.17) is 0 Å². The molecule has 0 amide bonds. The molecule has 65 valence electrons. The van der Waals surface area contributed by atoms with Crippen molar-refractivity contribution >= 4 is 24.6 Å². The third-order valence-corrected chi connectivity index (χ3v) is 5.62. The second-order valence-electron chi connectivity index (χ2n) is 5.62. The molecule has 0 saturated heterocycles. The smallest absolute Gasteiger partial charge is 0.0439 e. The highest BCUT2D eigenvalue weighted by Gasteiger charge is 2.19. The van der Waals surface area contributed by atoms with Gasteiger partial charge in [-0.15, -0.1) is 0 Å². The SMILES string of the molecule is C[Si](C)(C)CC[Si](C)(C)C.[B]. The van der Waals surface area contributed by atoms with E-state index in [9.17, 15) is 0 Å². The van der Waals surface area contributed by atoms with Gasteiger partial charge in [-0.3, -0.25) is 0 Å². The molecule has 0 bridgehead atoms. The fourth-order valence-electron chi connectivity index (χ4n) is 0.750. The van der Waals surface area contributed by atoms with Crippen molar-refractivity contribution in [2.24, 2.45) is 0 Å². The molecule has 0 aromatic carbocycles. The lowest BCUT2D eigenvalue weighted by Crippen LogP contribution is -2.26. The Morgan fingerprint density at radius 1 is 0.636 bits per heavy atom. The lowest BCUT2D eigenvalue weighted by atomic mass is 10.8. The summed E-state index contributed by atoms with van der Waals surface area (Å²) < 4.78 is 0. The van der Waals surface area contributed by atoms with Gasteiger partial charge in [-0.2, -0.15) is 0 Å². The van der Waals surface area contributed by atoms with Crippen molar-refractivity contribution in [3.63, 3.8) is 0 Å². The van der Waals surface area contributed by atoms with Gasteiger partial charge in [0.05, 0.1) is 0 Å². The Hall–Kier alpha value is 0.499. The Balaban J connectivity index is 0. The van der Waals surface area contributed by atoms with Crippen LogP contribution in [0.4, 0.5) is 0 Å². The summed E-state index contributed by atoms with van der Waals surface area (Å²) in [5, 5.41) is 0. The topological polar surface area (TPSA) is 0 Å². The highest BCUT2D eigenvalue weighted by molar-refractivity contribution is 6.81. The second-order valence-corrected chi connectivity index (χ2v) is 16.9. The maximum Gasteiger partial charge on any atom is 0.0439 e. The van der Waals surface area contributed by atoms with E-state index in [0.717, 1.165) is 0 Å². The largest absolute Gasteiger partial charge is 0.0696 e. The Bertz CT molecular complexity index is 85.6. The molecular weight excluding hydrogens is 163 g/mol. The summed E-state index contributed by atoms with van der Waals surface area (Å²) in [5.74, 6) is 0. The molecule has 0 aromatic heterocycles. The third kappa shape index (κ3) is 13.5. The number of rotatable bonds is 3. The van der Waals surface area contributed by atoms with E-state index in [-0.39, 0.29) is 8.41 Å². The van der Waals surface area contributed by atoms with E-state index in [2.05, 4.69) is 39.3 Å². The van der Waals surface area contributed by atoms with Crippen LogP contribution < -0.4 is 0 Å². The lowest BCUT2D eigenvalue weighted by Gasteiger charge is -2.22. The van der Waals surface area contributed by atoms with Crippen LogP contribution in [-0.2, 0) is 0 Å². The maximum absolute atomic E-state index is 2.47. The van der Waals surface area contributed by atoms with E-state index in [1.165, 1.54) is 12.1 Å². The molecule has 11 heavy (non-hydrogen) atoms. The van der Waals surface area contributed by atoms with Gasteiger partial charge in [0.25, 0.3) is 0 Å². The molecule has 0 aromatic rings. The van der Waals surface area contributed by atoms with Gasteiger partial charge in [0.2, 0.25) is 0 Å². The van der Waals surface area contributed by atoms with Crippen molar-refractivity contribution in [3.05, 3.63) is 0 Å². The first-order valence-corrected chi connectivity index (χ1v) is 11.6. The predicted octanol–water partition coefficient (Wildman–Crippen LogP) is 3.28. The fourth-order valence-corrected chi connectivity index (χ4v) is 6.75. The van der Waals surface area contributed by atoms with Crippen molar-refractivity contribution in [2.75, 3.05) is 0 Å². The minimum Gasteiger partial charge on any atom is -0.0696 e. The predicted molar refractivity (Wildman–Crippen MR) is 62.1 cm³/mol. The molecule has 0 N–H and O–H groups in total. The van der Waals surface area contributed by atoms with Crippen LogP contribution in [0.5, 0.6) is 0 Å². The summed E-state index contributed by atoms with van der Waals surface area (Å²) in [7, 11) is -1.46. The van der Waals surface area contributed by atoms with Gasteiger partial charge < -0.3 is 0 Å². The van der Waals surface area contributed by atoms with E-state index in [1.807, 2.05) is 0 Å². The van der Waals surface area contributed by atoms with Gasteiger partial charge in [0.1, 0.15) is 0 Å². The summed E-state index contributed by atoms with van der Waals surface area (Å²) in [6.07, 6.45) is 0. The first kappa shape index (κ1) is 14.0. The van der Waals surface area contributed by atoms with Crippen LogP contribution in [0.25, 0.3) is 0 Å². The molecule has 0 spiro atoms. The normalized spacial score (nSPS) is 12.5. The molecule has 0 nitrogen and oxygen atoms in total. The average Bonchev–Trinajstić information content (AvgIpc) is 1.57. The van der Waals surface area contributed by atoms with Crippen LogP contribution in [0.3, 0.4) is 0 Å². The zero-order chi connectivity index (χ0) is 8.41. The van der Waals surface area contributed by atoms with Crippen LogP contribution >= 0.6 is 0 Å². The van der Waals surface area contributed by atoms with Crippen molar-refractivity contribution in [2.45, 2.75) is 51.4 Å². The molecule has 0 aliphatic rings. The molecular formula is C8H22BSi2. The summed E-state index contributed by atoms with van der Waals surface area (Å²) >= 11 is 0. The number of hydrogen-bond acceptors (Lipinski definition) is 0. The van der Waals surface area contributed by atoms with E-state index in [0.29, 0.717) is 0 Å². The van der Waals surface area contributed by atoms with Crippen molar-refractivity contribution in [1.29, 1.82) is 0 Å². The number of hydrogen-bond donors (Lipinski definition) is 0. The highest BCUT2D eigenvalue weighted by atomic mass is 28.3. The lowest BCUT2D eigenvalue weighted by molar-refractivity contribution is 1.27. The molecule has 0 fully saturated rings. The van der Waals surface area contributed by atoms with Crippen LogP contribution in [0.1, 0.15) is 0 Å². The Kier molecular flexibility index (Phi) is 5.75. The van der Waals surface area contributed by atoms with Crippen molar-refractivity contribution in [3.8, 4) is 0 Å². The molecule has 0 atom stereocenters. The van der Waals surface area contributed by atoms with Crippen LogP contribution in [0.15, 0.2) is 0 Å². The monoisotopic (exact) mass is 185 g/mol. The summed E-state index contributed by atoms with van der Waals surface area (Å²) in [5.41, 5.74) is 0. The second kappa shape index (κ2) is 4.51. The van der Waals surface area contributed by atoms with E-state index in [1.54, 1.807) is 0 Å². The van der Waals surface area contributed by atoms with Gasteiger partial charge >= 0.3 is 0 Å². The summed E-state index contributed by atoms with van der Waals surface area (Å²) in [4.78, 5) is 0. The van der Waals surface area contributed by atoms with Crippen LogP contribution in [-0.4, -0.2) is 24.6 Å². The van der Waals surface area contributed by atoms with Crippen LogP contribution in [0, 0.1) is 0 Å². The van der Waals surface area contributed by atoms with Gasteiger partial charge in [0.15, 0.2) is 0 Å². The third-order valence-electron chi connectivity index (χ3n) is 1.62. The van der Waals surface area contributed by atoms with E-state index >= 15 is 0 Å². The molecule has 3 heteroatoms. The molecule has 0 unspecified atom stereocenters.